The van der Waals surface area contributed by atoms with Crippen LogP contribution in [0.1, 0.15) is 29.9 Å². The Morgan fingerprint density at radius 2 is 2.07 bits per heavy atom. The molecule has 0 saturated carbocycles. The molecule has 1 amide bonds. The number of nitrogens with zero attached hydrogens (tertiary/aromatic N) is 2. The fourth-order valence-corrected chi connectivity index (χ4v) is 3.16. The van der Waals surface area contributed by atoms with Gasteiger partial charge in [-0.2, -0.15) is 8.78 Å². The lowest BCUT2D eigenvalue weighted by Gasteiger charge is -2.14. The van der Waals surface area contributed by atoms with E-state index in [1.165, 1.54) is 48.5 Å². The SMILES string of the molecule is CCN(C(C)=O)c1nc(COC(=O)c2cccc(OC)c2OC(F)F)cs1. The van der Waals surface area contributed by atoms with Gasteiger partial charge in [0, 0.05) is 18.8 Å². The number of carbonyl (C=O) groups excluding carboxylic acids is 2. The van der Waals surface area contributed by atoms with Gasteiger partial charge < -0.3 is 14.2 Å². The van der Waals surface area contributed by atoms with E-state index in [0.717, 1.165) is 0 Å². The molecule has 1 aromatic carbocycles. The van der Waals surface area contributed by atoms with Gasteiger partial charge in [-0.1, -0.05) is 6.07 Å². The van der Waals surface area contributed by atoms with Crippen LogP contribution in [-0.4, -0.2) is 37.1 Å². The summed E-state index contributed by atoms with van der Waals surface area (Å²) < 4.78 is 39.8. The predicted molar refractivity (Wildman–Crippen MR) is 94.6 cm³/mol. The Labute approximate surface area is 158 Å². The Kier molecular flexibility index (Phi) is 7.05. The van der Waals surface area contributed by atoms with E-state index in [1.807, 2.05) is 6.92 Å². The minimum atomic E-state index is -3.12. The number of alkyl halides is 2. The average Bonchev–Trinajstić information content (AvgIpc) is 3.08. The van der Waals surface area contributed by atoms with Crippen molar-refractivity contribution in [3.05, 3.63) is 34.8 Å². The fraction of sp³-hybridized carbons (Fsp3) is 0.353. The van der Waals surface area contributed by atoms with Gasteiger partial charge in [0.15, 0.2) is 16.6 Å². The highest BCUT2D eigenvalue weighted by atomic mass is 32.1. The van der Waals surface area contributed by atoms with E-state index in [0.29, 0.717) is 17.4 Å². The number of carbonyl (C=O) groups is 2. The van der Waals surface area contributed by atoms with Crippen LogP contribution in [0.4, 0.5) is 13.9 Å². The summed E-state index contributed by atoms with van der Waals surface area (Å²) >= 11 is 1.23. The summed E-state index contributed by atoms with van der Waals surface area (Å²) in [5, 5.41) is 2.13. The van der Waals surface area contributed by atoms with Gasteiger partial charge in [-0.25, -0.2) is 9.78 Å². The molecule has 0 radical (unpaired) electrons. The van der Waals surface area contributed by atoms with Crippen molar-refractivity contribution in [2.75, 3.05) is 18.6 Å². The maximum absolute atomic E-state index is 12.6. The number of para-hydroxylation sites is 1. The van der Waals surface area contributed by atoms with Gasteiger partial charge in [0.2, 0.25) is 5.91 Å². The molecule has 1 aromatic heterocycles. The number of esters is 1. The standard InChI is InChI=1S/C17H18F2N2O5S/c1-4-21(10(2)22)17-20-11(9-27-17)8-25-15(23)12-6-5-7-13(24-3)14(12)26-16(18)19/h5-7,9,16H,4,8H2,1-3H3. The molecular weight excluding hydrogens is 382 g/mol. The van der Waals surface area contributed by atoms with Gasteiger partial charge in [-0.15, -0.1) is 11.3 Å². The first-order chi connectivity index (χ1) is 12.9. The summed E-state index contributed by atoms with van der Waals surface area (Å²) in [6.45, 7) is 0.393. The first-order valence-electron chi connectivity index (χ1n) is 7.88. The number of benzene rings is 1. The summed E-state index contributed by atoms with van der Waals surface area (Å²) in [4.78, 5) is 29.6. The Morgan fingerprint density at radius 1 is 1.33 bits per heavy atom. The molecule has 0 aliphatic heterocycles. The second-order valence-electron chi connectivity index (χ2n) is 5.18. The third kappa shape index (κ3) is 5.13. The van der Waals surface area contributed by atoms with Gasteiger partial charge >= 0.3 is 12.6 Å². The van der Waals surface area contributed by atoms with Crippen molar-refractivity contribution in [1.82, 2.24) is 4.98 Å². The van der Waals surface area contributed by atoms with Gasteiger partial charge in [-0.05, 0) is 19.1 Å². The Hall–Kier alpha value is -2.75. The zero-order valence-corrected chi connectivity index (χ0v) is 15.7. The van der Waals surface area contributed by atoms with Crippen LogP contribution < -0.4 is 14.4 Å². The smallest absolute Gasteiger partial charge is 0.387 e. The molecule has 0 aliphatic rings. The lowest BCUT2D eigenvalue weighted by molar-refractivity contribution is -0.116. The second kappa shape index (κ2) is 9.26. The number of amides is 1. The monoisotopic (exact) mass is 400 g/mol. The molecule has 2 rings (SSSR count). The molecule has 0 N–H and O–H groups in total. The number of anilines is 1. The molecular formula is C17H18F2N2O5S. The van der Waals surface area contributed by atoms with Crippen LogP contribution in [0.5, 0.6) is 11.5 Å². The lowest BCUT2D eigenvalue weighted by Crippen LogP contribution is -2.27. The molecule has 2 aromatic rings. The molecule has 0 aliphatic carbocycles. The predicted octanol–water partition coefficient (Wildman–Crippen LogP) is 3.48. The summed E-state index contributed by atoms with van der Waals surface area (Å²) in [6, 6.07) is 4.15. The molecule has 0 spiro atoms. The van der Waals surface area contributed by atoms with Crippen LogP contribution in [0.15, 0.2) is 23.6 Å². The number of thiazole rings is 1. The number of ether oxygens (including phenoxy) is 3. The van der Waals surface area contributed by atoms with Crippen LogP contribution >= 0.6 is 11.3 Å². The number of aromatic nitrogens is 1. The minimum Gasteiger partial charge on any atom is -0.493 e. The van der Waals surface area contributed by atoms with Crippen molar-refractivity contribution in [3.63, 3.8) is 0 Å². The largest absolute Gasteiger partial charge is 0.493 e. The Bertz CT molecular complexity index is 812. The topological polar surface area (TPSA) is 78.0 Å². The van der Waals surface area contributed by atoms with Gasteiger partial charge in [-0.3, -0.25) is 9.69 Å². The average molecular weight is 400 g/mol. The van der Waals surface area contributed by atoms with Crippen LogP contribution in [0.2, 0.25) is 0 Å². The molecule has 1 heterocycles. The van der Waals surface area contributed by atoms with E-state index in [4.69, 9.17) is 9.47 Å². The molecule has 146 valence electrons. The van der Waals surface area contributed by atoms with Gasteiger partial charge in [0.1, 0.15) is 12.2 Å². The number of methoxy groups -OCH3 is 1. The zero-order valence-electron chi connectivity index (χ0n) is 14.9. The van der Waals surface area contributed by atoms with Crippen molar-refractivity contribution in [3.8, 4) is 11.5 Å². The van der Waals surface area contributed by atoms with Crippen LogP contribution in [0.25, 0.3) is 0 Å². The van der Waals surface area contributed by atoms with E-state index in [-0.39, 0.29) is 23.8 Å². The van der Waals surface area contributed by atoms with Crippen LogP contribution in [-0.2, 0) is 16.1 Å². The lowest BCUT2D eigenvalue weighted by atomic mass is 10.2. The number of hydrogen-bond donors (Lipinski definition) is 0. The van der Waals surface area contributed by atoms with Crippen molar-refractivity contribution < 1.29 is 32.6 Å². The highest BCUT2D eigenvalue weighted by Gasteiger charge is 2.22. The van der Waals surface area contributed by atoms with Crippen molar-refractivity contribution in [2.24, 2.45) is 0 Å². The normalized spacial score (nSPS) is 10.6. The number of halogens is 2. The molecule has 0 saturated heterocycles. The molecule has 0 atom stereocenters. The van der Waals surface area contributed by atoms with Crippen LogP contribution in [0.3, 0.4) is 0 Å². The van der Waals surface area contributed by atoms with E-state index in [9.17, 15) is 18.4 Å². The first-order valence-corrected chi connectivity index (χ1v) is 8.76. The number of hydrogen-bond acceptors (Lipinski definition) is 7. The highest BCUT2D eigenvalue weighted by molar-refractivity contribution is 7.14. The zero-order chi connectivity index (χ0) is 20.0. The third-order valence-electron chi connectivity index (χ3n) is 3.44. The highest BCUT2D eigenvalue weighted by Crippen LogP contribution is 2.33. The maximum Gasteiger partial charge on any atom is 0.387 e. The number of rotatable bonds is 8. The van der Waals surface area contributed by atoms with Crippen molar-refractivity contribution >= 4 is 28.3 Å². The van der Waals surface area contributed by atoms with Crippen molar-refractivity contribution in [2.45, 2.75) is 27.1 Å². The summed E-state index contributed by atoms with van der Waals surface area (Å²) in [6.07, 6.45) is 0. The first kappa shape index (κ1) is 20.6. The minimum absolute atomic E-state index is 0.0132. The Balaban J connectivity index is 2.12. The maximum atomic E-state index is 12.6. The van der Waals surface area contributed by atoms with E-state index in [2.05, 4.69) is 9.72 Å². The van der Waals surface area contributed by atoms with E-state index in [1.54, 1.807) is 5.38 Å². The van der Waals surface area contributed by atoms with Gasteiger partial charge in [0.05, 0.1) is 12.8 Å². The van der Waals surface area contributed by atoms with Crippen molar-refractivity contribution in [1.29, 1.82) is 0 Å². The summed E-state index contributed by atoms with van der Waals surface area (Å²) in [7, 11) is 1.27. The molecule has 0 fully saturated rings. The summed E-state index contributed by atoms with van der Waals surface area (Å²) in [5.74, 6) is -1.42. The van der Waals surface area contributed by atoms with E-state index >= 15 is 0 Å². The Morgan fingerprint density at radius 3 is 2.67 bits per heavy atom. The second-order valence-corrected chi connectivity index (χ2v) is 6.01. The van der Waals surface area contributed by atoms with Gasteiger partial charge in [0.25, 0.3) is 0 Å². The van der Waals surface area contributed by atoms with E-state index < -0.39 is 18.3 Å². The fourth-order valence-electron chi connectivity index (χ4n) is 2.24. The third-order valence-corrected chi connectivity index (χ3v) is 4.36. The molecule has 27 heavy (non-hydrogen) atoms. The summed E-state index contributed by atoms with van der Waals surface area (Å²) in [5.41, 5.74) is 0.242. The quantitative estimate of drug-likeness (QED) is 0.632. The molecule has 0 unspecified atom stereocenters. The van der Waals surface area contributed by atoms with Crippen LogP contribution in [0, 0.1) is 0 Å². The molecule has 0 bridgehead atoms. The molecule has 10 heteroatoms. The molecule has 7 nitrogen and oxygen atoms in total.